The van der Waals surface area contributed by atoms with Gasteiger partial charge in [0.25, 0.3) is 0 Å². The summed E-state index contributed by atoms with van der Waals surface area (Å²) >= 11 is 1.49. The quantitative estimate of drug-likeness (QED) is 0.870. The molecule has 144 valence electrons. The molecular formula is C19H24N4O3S. The number of carbonyl (C=O) groups excluding carboxylic acids is 1. The Labute approximate surface area is 162 Å². The first-order chi connectivity index (χ1) is 13.3. The standard InChI is InChI=1S/C19H24N4O3S/c1-25-17-4-2-3-15(17)16-11-26-10-9-23(16)19(24)21-14-7-5-13(6-8-14)18-22-20-12-27-18/h5-8,12,15-17H,2-4,9-11H2,1H3,(H,21,24). The Hall–Kier alpha value is -2.03. The summed E-state index contributed by atoms with van der Waals surface area (Å²) in [6.07, 6.45) is 3.48. The number of carbonyl (C=O) groups is 1. The second kappa shape index (κ2) is 8.33. The number of aromatic nitrogens is 2. The predicted molar refractivity (Wildman–Crippen MR) is 104 cm³/mol. The highest BCUT2D eigenvalue weighted by molar-refractivity contribution is 7.12. The van der Waals surface area contributed by atoms with E-state index < -0.39 is 0 Å². The molecule has 0 radical (unpaired) electrons. The lowest BCUT2D eigenvalue weighted by molar-refractivity contribution is -0.0379. The number of amides is 2. The molecule has 8 heteroatoms. The van der Waals surface area contributed by atoms with Crippen molar-refractivity contribution >= 4 is 23.1 Å². The lowest BCUT2D eigenvalue weighted by Gasteiger charge is -2.40. The largest absolute Gasteiger partial charge is 0.381 e. The molecule has 2 aromatic rings. The van der Waals surface area contributed by atoms with Crippen molar-refractivity contribution in [3.8, 4) is 10.6 Å². The van der Waals surface area contributed by atoms with Crippen molar-refractivity contribution in [2.75, 3.05) is 32.2 Å². The molecule has 1 aromatic heterocycles. The smallest absolute Gasteiger partial charge is 0.322 e. The zero-order valence-electron chi connectivity index (χ0n) is 15.3. The molecule has 0 bridgehead atoms. The molecule has 1 saturated carbocycles. The maximum atomic E-state index is 12.9. The van der Waals surface area contributed by atoms with Gasteiger partial charge < -0.3 is 19.7 Å². The third kappa shape index (κ3) is 3.97. The van der Waals surface area contributed by atoms with Crippen LogP contribution in [0.5, 0.6) is 0 Å². The molecule has 2 fully saturated rings. The summed E-state index contributed by atoms with van der Waals surface area (Å²) in [6.45, 7) is 1.75. The number of benzene rings is 1. The number of ether oxygens (including phenoxy) is 2. The Balaban J connectivity index is 1.44. The van der Waals surface area contributed by atoms with Gasteiger partial charge in [-0.15, -0.1) is 10.2 Å². The second-order valence-electron chi connectivity index (χ2n) is 6.96. The van der Waals surface area contributed by atoms with Crippen molar-refractivity contribution in [2.45, 2.75) is 31.4 Å². The summed E-state index contributed by atoms with van der Waals surface area (Å²) in [4.78, 5) is 14.9. The number of methoxy groups -OCH3 is 1. The van der Waals surface area contributed by atoms with Crippen LogP contribution >= 0.6 is 11.3 Å². The lowest BCUT2D eigenvalue weighted by atomic mass is 9.94. The third-order valence-corrected chi connectivity index (χ3v) is 6.21. The van der Waals surface area contributed by atoms with Gasteiger partial charge in [-0.3, -0.25) is 0 Å². The van der Waals surface area contributed by atoms with Crippen LogP contribution in [0.1, 0.15) is 19.3 Å². The summed E-state index contributed by atoms with van der Waals surface area (Å²) < 4.78 is 11.3. The van der Waals surface area contributed by atoms with Gasteiger partial charge in [0.05, 0.1) is 25.4 Å². The van der Waals surface area contributed by atoms with E-state index in [1.165, 1.54) is 11.3 Å². The van der Waals surface area contributed by atoms with Gasteiger partial charge in [0.2, 0.25) is 0 Å². The molecule has 2 heterocycles. The highest BCUT2D eigenvalue weighted by Crippen LogP contribution is 2.34. The van der Waals surface area contributed by atoms with Crippen molar-refractivity contribution in [1.82, 2.24) is 15.1 Å². The average molecular weight is 388 g/mol. The fourth-order valence-corrected chi connectivity index (χ4v) is 4.67. The van der Waals surface area contributed by atoms with Gasteiger partial charge >= 0.3 is 6.03 Å². The number of rotatable bonds is 4. The molecule has 1 aliphatic heterocycles. The van der Waals surface area contributed by atoms with E-state index in [9.17, 15) is 4.79 Å². The summed E-state index contributed by atoms with van der Waals surface area (Å²) in [7, 11) is 1.76. The van der Waals surface area contributed by atoms with Crippen molar-refractivity contribution in [3.63, 3.8) is 0 Å². The van der Waals surface area contributed by atoms with E-state index >= 15 is 0 Å². The van der Waals surface area contributed by atoms with Crippen molar-refractivity contribution < 1.29 is 14.3 Å². The Morgan fingerprint density at radius 2 is 2.19 bits per heavy atom. The molecule has 1 N–H and O–H groups in total. The molecule has 3 atom stereocenters. The van der Waals surface area contributed by atoms with Gasteiger partial charge in [0.1, 0.15) is 10.5 Å². The molecule has 1 saturated heterocycles. The van der Waals surface area contributed by atoms with E-state index in [0.717, 1.165) is 35.5 Å². The molecular weight excluding hydrogens is 364 g/mol. The number of hydrogen-bond acceptors (Lipinski definition) is 6. The van der Waals surface area contributed by atoms with Crippen LogP contribution in [0.25, 0.3) is 10.6 Å². The number of nitrogens with zero attached hydrogens (tertiary/aromatic N) is 3. The summed E-state index contributed by atoms with van der Waals surface area (Å²) in [5.41, 5.74) is 3.47. The highest BCUT2D eigenvalue weighted by atomic mass is 32.1. The Bertz CT molecular complexity index is 753. The maximum absolute atomic E-state index is 12.9. The second-order valence-corrected chi connectivity index (χ2v) is 7.79. The fourth-order valence-electron chi connectivity index (χ4n) is 4.11. The first kappa shape index (κ1) is 18.3. The van der Waals surface area contributed by atoms with Crippen LogP contribution in [-0.4, -0.2) is 60.1 Å². The van der Waals surface area contributed by atoms with Crippen LogP contribution in [-0.2, 0) is 9.47 Å². The first-order valence-corrected chi connectivity index (χ1v) is 10.2. The molecule has 7 nitrogen and oxygen atoms in total. The van der Waals surface area contributed by atoms with E-state index in [4.69, 9.17) is 9.47 Å². The SMILES string of the molecule is COC1CCCC1C1COCCN1C(=O)Nc1ccc(-c2nncs2)cc1. The molecule has 1 aliphatic carbocycles. The monoisotopic (exact) mass is 388 g/mol. The Kier molecular flexibility index (Phi) is 5.66. The molecule has 4 rings (SSSR count). The van der Waals surface area contributed by atoms with Crippen LogP contribution in [0.4, 0.5) is 10.5 Å². The van der Waals surface area contributed by atoms with Gasteiger partial charge in [0, 0.05) is 30.8 Å². The number of urea groups is 1. The molecule has 27 heavy (non-hydrogen) atoms. The van der Waals surface area contributed by atoms with Crippen LogP contribution in [0.3, 0.4) is 0 Å². The normalized spacial score (nSPS) is 25.5. The molecule has 2 amide bonds. The third-order valence-electron chi connectivity index (χ3n) is 5.47. The van der Waals surface area contributed by atoms with E-state index in [1.54, 1.807) is 12.6 Å². The van der Waals surface area contributed by atoms with Crippen LogP contribution in [0, 0.1) is 5.92 Å². The van der Waals surface area contributed by atoms with Crippen LogP contribution < -0.4 is 5.32 Å². The van der Waals surface area contributed by atoms with Crippen LogP contribution in [0.2, 0.25) is 0 Å². The van der Waals surface area contributed by atoms with Crippen molar-refractivity contribution in [2.24, 2.45) is 5.92 Å². The summed E-state index contributed by atoms with van der Waals surface area (Å²) in [5, 5.41) is 11.8. The molecule has 0 spiro atoms. The van der Waals surface area contributed by atoms with E-state index in [2.05, 4.69) is 15.5 Å². The fraction of sp³-hybridized carbons (Fsp3) is 0.526. The minimum atomic E-state index is -0.0753. The van der Waals surface area contributed by atoms with Gasteiger partial charge in [-0.25, -0.2) is 4.79 Å². The van der Waals surface area contributed by atoms with E-state index in [-0.39, 0.29) is 18.2 Å². The van der Waals surface area contributed by atoms with Crippen LogP contribution in [0.15, 0.2) is 29.8 Å². The average Bonchev–Trinajstić information content (AvgIpc) is 3.40. The Morgan fingerprint density at radius 3 is 2.93 bits per heavy atom. The van der Waals surface area contributed by atoms with Gasteiger partial charge in [0.15, 0.2) is 0 Å². The minimum Gasteiger partial charge on any atom is -0.381 e. The van der Waals surface area contributed by atoms with Gasteiger partial charge in [-0.2, -0.15) is 0 Å². The zero-order valence-corrected chi connectivity index (χ0v) is 16.2. The number of anilines is 1. The topological polar surface area (TPSA) is 76.6 Å². The van der Waals surface area contributed by atoms with Crippen molar-refractivity contribution in [3.05, 3.63) is 29.8 Å². The minimum absolute atomic E-state index is 0.0619. The zero-order chi connectivity index (χ0) is 18.6. The predicted octanol–water partition coefficient (Wildman–Crippen LogP) is 3.25. The van der Waals surface area contributed by atoms with E-state index in [0.29, 0.717) is 25.7 Å². The van der Waals surface area contributed by atoms with Crippen molar-refractivity contribution in [1.29, 1.82) is 0 Å². The maximum Gasteiger partial charge on any atom is 0.322 e. The van der Waals surface area contributed by atoms with E-state index in [1.807, 2.05) is 29.2 Å². The van der Waals surface area contributed by atoms with Gasteiger partial charge in [-0.1, -0.05) is 17.8 Å². The molecule has 2 aliphatic rings. The number of hydrogen-bond donors (Lipinski definition) is 1. The lowest BCUT2D eigenvalue weighted by Crippen LogP contribution is -2.55. The summed E-state index contributed by atoms with van der Waals surface area (Å²) in [5.74, 6) is 0.334. The number of nitrogens with one attached hydrogen (secondary N) is 1. The Morgan fingerprint density at radius 1 is 1.33 bits per heavy atom. The molecule has 1 aromatic carbocycles. The summed E-state index contributed by atoms with van der Waals surface area (Å²) in [6, 6.07) is 7.69. The molecule has 3 unspecified atom stereocenters. The van der Waals surface area contributed by atoms with Gasteiger partial charge in [-0.05, 0) is 37.1 Å². The first-order valence-electron chi connectivity index (χ1n) is 9.31. The highest BCUT2D eigenvalue weighted by Gasteiger charge is 2.40. The number of morpholine rings is 1.